The number of sulfonamides is 1. The van der Waals surface area contributed by atoms with Gasteiger partial charge in [-0.15, -0.1) is 0 Å². The van der Waals surface area contributed by atoms with Crippen LogP contribution in [0, 0.1) is 0 Å². The van der Waals surface area contributed by atoms with Crippen LogP contribution in [0.1, 0.15) is 18.5 Å². The molecule has 0 spiro atoms. The highest BCUT2D eigenvalue weighted by Crippen LogP contribution is 2.17. The van der Waals surface area contributed by atoms with Gasteiger partial charge in [-0.3, -0.25) is 4.79 Å². The van der Waals surface area contributed by atoms with Gasteiger partial charge < -0.3 is 10.6 Å². The third-order valence-electron chi connectivity index (χ3n) is 3.95. The lowest BCUT2D eigenvalue weighted by atomic mass is 10.1. The van der Waals surface area contributed by atoms with Crippen LogP contribution < -0.4 is 10.6 Å². The first-order valence-corrected chi connectivity index (χ1v) is 9.93. The van der Waals surface area contributed by atoms with Crippen LogP contribution in [0.2, 0.25) is 5.02 Å². The Labute approximate surface area is 159 Å². The molecule has 2 aromatic rings. The van der Waals surface area contributed by atoms with E-state index in [0.717, 1.165) is 9.87 Å². The van der Waals surface area contributed by atoms with E-state index >= 15 is 0 Å². The lowest BCUT2D eigenvalue weighted by molar-refractivity contribution is -0.682. The third-order valence-corrected chi connectivity index (χ3v) is 6.01. The zero-order chi connectivity index (χ0) is 19.3. The number of halogens is 1. The number of hydrogen-bond acceptors (Lipinski definition) is 3. The van der Waals surface area contributed by atoms with Crippen LogP contribution in [0.4, 0.5) is 5.69 Å². The minimum atomic E-state index is -3.47. The molecule has 0 aromatic heterocycles. The summed E-state index contributed by atoms with van der Waals surface area (Å²) < 4.78 is 25.2. The van der Waals surface area contributed by atoms with E-state index in [1.165, 1.54) is 26.2 Å². The van der Waals surface area contributed by atoms with Gasteiger partial charge in [0.05, 0.1) is 4.90 Å². The average Bonchev–Trinajstić information content (AvgIpc) is 2.60. The molecule has 0 bridgehead atoms. The molecule has 0 fully saturated rings. The number of carbonyl (C=O) groups is 1. The maximum Gasteiger partial charge on any atom is 0.279 e. The van der Waals surface area contributed by atoms with Crippen molar-refractivity contribution in [3.63, 3.8) is 0 Å². The van der Waals surface area contributed by atoms with E-state index in [9.17, 15) is 13.2 Å². The SMILES string of the molecule is C[C@H]([NH2+]CC(=O)Nc1ccc(S(=O)(=O)N(C)C)cc1)c1cccc(Cl)c1. The smallest absolute Gasteiger partial charge is 0.279 e. The number of nitrogens with zero attached hydrogens (tertiary/aromatic N) is 1. The minimum Gasteiger partial charge on any atom is -0.333 e. The molecular weight excluding hydrogens is 374 g/mol. The van der Waals surface area contributed by atoms with Crippen LogP contribution in [0.3, 0.4) is 0 Å². The Bertz CT molecular complexity index is 868. The van der Waals surface area contributed by atoms with E-state index in [1.54, 1.807) is 12.1 Å². The average molecular weight is 397 g/mol. The highest BCUT2D eigenvalue weighted by atomic mass is 35.5. The second-order valence-electron chi connectivity index (χ2n) is 6.14. The first-order valence-electron chi connectivity index (χ1n) is 8.11. The monoisotopic (exact) mass is 396 g/mol. The highest BCUT2D eigenvalue weighted by molar-refractivity contribution is 7.89. The maximum atomic E-state index is 12.1. The lowest BCUT2D eigenvalue weighted by Crippen LogP contribution is -2.86. The van der Waals surface area contributed by atoms with Crippen molar-refractivity contribution < 1.29 is 18.5 Å². The summed E-state index contributed by atoms with van der Waals surface area (Å²) in [6.45, 7) is 2.24. The molecule has 0 unspecified atom stereocenters. The van der Waals surface area contributed by atoms with Crippen molar-refractivity contribution in [2.75, 3.05) is 26.0 Å². The van der Waals surface area contributed by atoms with Crippen molar-refractivity contribution in [3.05, 3.63) is 59.1 Å². The first kappa shape index (κ1) is 20.4. The lowest BCUT2D eigenvalue weighted by Gasteiger charge is -2.13. The largest absolute Gasteiger partial charge is 0.333 e. The predicted molar refractivity (Wildman–Crippen MR) is 103 cm³/mol. The third kappa shape index (κ3) is 5.28. The standard InChI is InChI=1S/C18H22ClN3O3S/c1-13(14-5-4-6-15(19)11-14)20-12-18(23)21-16-7-9-17(10-8-16)26(24,25)22(2)3/h4-11,13,20H,12H2,1-3H3,(H,21,23)/p+1/t13-/m0/s1. The van der Waals surface area contributed by atoms with Gasteiger partial charge in [0.25, 0.3) is 5.91 Å². The van der Waals surface area contributed by atoms with E-state index in [0.29, 0.717) is 10.7 Å². The second kappa shape index (κ2) is 8.64. The van der Waals surface area contributed by atoms with Crippen LogP contribution >= 0.6 is 11.6 Å². The van der Waals surface area contributed by atoms with Crippen LogP contribution in [0.5, 0.6) is 0 Å². The molecule has 0 aliphatic carbocycles. The number of nitrogens with two attached hydrogens (primary N) is 1. The molecule has 0 aliphatic rings. The quantitative estimate of drug-likeness (QED) is 0.749. The van der Waals surface area contributed by atoms with E-state index in [2.05, 4.69) is 5.32 Å². The Hall–Kier alpha value is -1.93. The summed E-state index contributed by atoms with van der Waals surface area (Å²) >= 11 is 5.98. The molecule has 1 amide bonds. The number of carbonyl (C=O) groups excluding carboxylic acids is 1. The van der Waals surface area contributed by atoms with Gasteiger partial charge in [-0.1, -0.05) is 23.7 Å². The molecule has 0 saturated carbocycles. The number of anilines is 1. The van der Waals surface area contributed by atoms with Crippen LogP contribution in [-0.2, 0) is 14.8 Å². The number of amides is 1. The van der Waals surface area contributed by atoms with Crippen molar-refractivity contribution >= 4 is 33.2 Å². The van der Waals surface area contributed by atoms with E-state index in [-0.39, 0.29) is 23.4 Å². The number of benzene rings is 2. The topological polar surface area (TPSA) is 83.1 Å². The molecular formula is C18H23ClN3O3S+. The molecule has 0 radical (unpaired) electrons. The Kier molecular flexibility index (Phi) is 6.77. The number of hydrogen-bond donors (Lipinski definition) is 2. The molecule has 0 saturated heterocycles. The minimum absolute atomic E-state index is 0.0899. The molecule has 2 aromatic carbocycles. The molecule has 0 aliphatic heterocycles. The Balaban J connectivity index is 1.92. The van der Waals surface area contributed by atoms with Gasteiger partial charge >= 0.3 is 0 Å². The van der Waals surface area contributed by atoms with E-state index in [4.69, 9.17) is 11.6 Å². The van der Waals surface area contributed by atoms with Gasteiger partial charge in [-0.05, 0) is 43.3 Å². The van der Waals surface area contributed by atoms with Gasteiger partial charge in [0.15, 0.2) is 6.54 Å². The van der Waals surface area contributed by atoms with Crippen molar-refractivity contribution in [3.8, 4) is 0 Å². The Morgan fingerprint density at radius 2 is 1.85 bits per heavy atom. The molecule has 3 N–H and O–H groups in total. The van der Waals surface area contributed by atoms with E-state index in [1.807, 2.05) is 36.5 Å². The first-order chi connectivity index (χ1) is 12.2. The molecule has 8 heteroatoms. The molecule has 6 nitrogen and oxygen atoms in total. The van der Waals surface area contributed by atoms with E-state index < -0.39 is 10.0 Å². The molecule has 1 atom stereocenters. The number of rotatable bonds is 7. The fraction of sp³-hybridized carbons (Fsp3) is 0.278. The van der Waals surface area contributed by atoms with Crippen LogP contribution in [0.15, 0.2) is 53.4 Å². The Morgan fingerprint density at radius 1 is 1.19 bits per heavy atom. The fourth-order valence-electron chi connectivity index (χ4n) is 2.34. The summed E-state index contributed by atoms with van der Waals surface area (Å²) in [5, 5.41) is 5.34. The number of nitrogens with one attached hydrogen (secondary N) is 1. The summed E-state index contributed by atoms with van der Waals surface area (Å²) in [4.78, 5) is 12.3. The molecule has 0 heterocycles. The maximum absolute atomic E-state index is 12.1. The van der Waals surface area contributed by atoms with Gasteiger partial charge in [-0.25, -0.2) is 12.7 Å². The summed E-state index contributed by atoms with van der Waals surface area (Å²) in [5.74, 6) is -0.165. The summed E-state index contributed by atoms with van der Waals surface area (Å²) in [7, 11) is -0.526. The Morgan fingerprint density at radius 3 is 2.42 bits per heavy atom. The van der Waals surface area contributed by atoms with Gasteiger partial charge in [0.2, 0.25) is 10.0 Å². The summed E-state index contributed by atoms with van der Waals surface area (Å²) in [5.41, 5.74) is 1.60. The summed E-state index contributed by atoms with van der Waals surface area (Å²) in [6.07, 6.45) is 0. The van der Waals surface area contributed by atoms with Crippen molar-refractivity contribution in [1.29, 1.82) is 0 Å². The fourth-order valence-corrected chi connectivity index (χ4v) is 3.44. The zero-order valence-corrected chi connectivity index (χ0v) is 16.5. The highest BCUT2D eigenvalue weighted by Gasteiger charge is 2.17. The van der Waals surface area contributed by atoms with Gasteiger partial charge in [0, 0.05) is 30.4 Å². The van der Waals surface area contributed by atoms with Crippen molar-refractivity contribution in [2.24, 2.45) is 0 Å². The van der Waals surface area contributed by atoms with Crippen LogP contribution in [-0.4, -0.2) is 39.3 Å². The number of quaternary nitrogens is 1. The summed E-state index contributed by atoms with van der Waals surface area (Å²) in [6, 6.07) is 13.7. The molecule has 26 heavy (non-hydrogen) atoms. The molecule has 2 rings (SSSR count). The zero-order valence-electron chi connectivity index (χ0n) is 14.9. The van der Waals surface area contributed by atoms with Crippen molar-refractivity contribution in [1.82, 2.24) is 4.31 Å². The normalized spacial score (nSPS) is 12.8. The van der Waals surface area contributed by atoms with Gasteiger partial charge in [0.1, 0.15) is 6.04 Å². The van der Waals surface area contributed by atoms with Crippen LogP contribution in [0.25, 0.3) is 0 Å². The molecule has 140 valence electrons. The predicted octanol–water partition coefficient (Wildman–Crippen LogP) is 1.85. The van der Waals surface area contributed by atoms with Gasteiger partial charge in [-0.2, -0.15) is 0 Å². The second-order valence-corrected chi connectivity index (χ2v) is 8.73. The van der Waals surface area contributed by atoms with Crippen molar-refractivity contribution in [2.45, 2.75) is 17.9 Å².